The first-order valence-electron chi connectivity index (χ1n) is 7.68. The lowest BCUT2D eigenvalue weighted by molar-refractivity contribution is 0.0651. The van der Waals surface area contributed by atoms with Crippen LogP contribution >= 0.6 is 0 Å². The molecule has 0 atom stereocenters. The van der Waals surface area contributed by atoms with Crippen LogP contribution in [0.5, 0.6) is 0 Å². The molecule has 0 fully saturated rings. The van der Waals surface area contributed by atoms with Crippen molar-refractivity contribution >= 4 is 17.5 Å². The maximum Gasteiger partial charge on any atom is 0.337 e. The van der Waals surface area contributed by atoms with Crippen LogP contribution in [0.4, 0.5) is 0 Å². The van der Waals surface area contributed by atoms with E-state index in [9.17, 15) is 19.8 Å². The van der Waals surface area contributed by atoms with Crippen molar-refractivity contribution in [3.63, 3.8) is 0 Å². The van der Waals surface area contributed by atoms with E-state index in [4.69, 9.17) is 0 Å². The third kappa shape index (κ3) is 2.14. The molecule has 1 aliphatic carbocycles. The van der Waals surface area contributed by atoms with E-state index < -0.39 is 11.9 Å². The Morgan fingerprint density at radius 1 is 0.917 bits per heavy atom. The lowest BCUT2D eigenvalue weighted by Gasteiger charge is -2.22. The van der Waals surface area contributed by atoms with Crippen LogP contribution in [0.25, 0.3) is 5.57 Å². The lowest BCUT2D eigenvalue weighted by atomic mass is 9.81. The van der Waals surface area contributed by atoms with E-state index in [0.29, 0.717) is 5.56 Å². The number of benzene rings is 2. The molecule has 4 nitrogen and oxygen atoms in total. The number of carboxylic acid groups (broad SMARTS) is 2. The van der Waals surface area contributed by atoms with Crippen LogP contribution in [-0.4, -0.2) is 22.2 Å². The molecule has 0 aliphatic heterocycles. The largest absolute Gasteiger partial charge is 0.478 e. The Bertz CT molecular complexity index is 889. The van der Waals surface area contributed by atoms with Gasteiger partial charge in [0, 0.05) is 11.0 Å². The van der Waals surface area contributed by atoms with Gasteiger partial charge in [-0.2, -0.15) is 0 Å². The van der Waals surface area contributed by atoms with Crippen LogP contribution in [0.1, 0.15) is 58.2 Å². The molecule has 24 heavy (non-hydrogen) atoms. The molecule has 0 spiro atoms. The molecule has 0 radical (unpaired) electrons. The van der Waals surface area contributed by atoms with Crippen molar-refractivity contribution in [1.29, 1.82) is 0 Å². The summed E-state index contributed by atoms with van der Waals surface area (Å²) >= 11 is 0. The summed E-state index contributed by atoms with van der Waals surface area (Å²) in [6.07, 6.45) is 0. The molecule has 122 valence electrons. The van der Waals surface area contributed by atoms with Crippen LogP contribution in [-0.2, 0) is 5.41 Å². The Labute approximate surface area is 140 Å². The zero-order valence-electron chi connectivity index (χ0n) is 13.8. The van der Waals surface area contributed by atoms with Crippen LogP contribution in [0, 0.1) is 0 Å². The quantitative estimate of drug-likeness (QED) is 0.888. The third-order valence-corrected chi connectivity index (χ3v) is 4.95. The zero-order valence-corrected chi connectivity index (χ0v) is 13.8. The zero-order chi connectivity index (χ0) is 17.6. The number of rotatable bonds is 3. The molecule has 0 saturated carbocycles. The lowest BCUT2D eigenvalue weighted by Crippen LogP contribution is -2.18. The van der Waals surface area contributed by atoms with Crippen LogP contribution in [0.3, 0.4) is 0 Å². The normalized spacial score (nSPS) is 15.3. The van der Waals surface area contributed by atoms with Gasteiger partial charge in [-0.3, -0.25) is 0 Å². The SMILES string of the molecule is CC1=C(c2ccccc2)c2c(ccc(C(=O)O)c2C(=O)O)C1(C)C. The van der Waals surface area contributed by atoms with Crippen molar-refractivity contribution < 1.29 is 19.8 Å². The molecule has 0 bridgehead atoms. The summed E-state index contributed by atoms with van der Waals surface area (Å²) in [7, 11) is 0. The van der Waals surface area contributed by atoms with E-state index in [1.54, 1.807) is 6.07 Å². The van der Waals surface area contributed by atoms with Gasteiger partial charge in [0.05, 0.1) is 11.1 Å². The van der Waals surface area contributed by atoms with Gasteiger partial charge in [0.15, 0.2) is 0 Å². The van der Waals surface area contributed by atoms with Crippen molar-refractivity contribution in [2.45, 2.75) is 26.2 Å². The summed E-state index contributed by atoms with van der Waals surface area (Å²) in [6.45, 7) is 6.04. The Hall–Kier alpha value is -2.88. The molecular formula is C20H18O4. The average Bonchev–Trinajstić information content (AvgIpc) is 2.74. The maximum atomic E-state index is 11.9. The number of allylic oxidation sites excluding steroid dienone is 1. The van der Waals surface area contributed by atoms with Crippen molar-refractivity contribution in [3.05, 3.63) is 75.9 Å². The fourth-order valence-corrected chi connectivity index (χ4v) is 3.45. The van der Waals surface area contributed by atoms with Crippen LogP contribution in [0.2, 0.25) is 0 Å². The molecule has 0 amide bonds. The fourth-order valence-electron chi connectivity index (χ4n) is 3.45. The number of hydrogen-bond donors (Lipinski definition) is 2. The molecule has 1 aliphatic rings. The molecular weight excluding hydrogens is 304 g/mol. The summed E-state index contributed by atoms with van der Waals surface area (Å²) < 4.78 is 0. The molecule has 2 N–H and O–H groups in total. The maximum absolute atomic E-state index is 11.9. The summed E-state index contributed by atoms with van der Waals surface area (Å²) in [6, 6.07) is 12.7. The van der Waals surface area contributed by atoms with Crippen LogP contribution in [0.15, 0.2) is 48.0 Å². The first kappa shape index (κ1) is 16.0. The molecule has 4 heteroatoms. The number of hydrogen-bond acceptors (Lipinski definition) is 2. The van der Waals surface area contributed by atoms with Crippen molar-refractivity contribution in [3.8, 4) is 0 Å². The molecule has 3 rings (SSSR count). The molecule has 0 unspecified atom stereocenters. The highest BCUT2D eigenvalue weighted by atomic mass is 16.4. The number of carboxylic acids is 2. The predicted octanol–water partition coefficient (Wildman–Crippen LogP) is 4.20. The smallest absolute Gasteiger partial charge is 0.337 e. The molecule has 2 aromatic carbocycles. The van der Waals surface area contributed by atoms with E-state index in [1.807, 2.05) is 51.1 Å². The van der Waals surface area contributed by atoms with Gasteiger partial charge in [-0.25, -0.2) is 9.59 Å². The van der Waals surface area contributed by atoms with E-state index in [2.05, 4.69) is 0 Å². The topological polar surface area (TPSA) is 74.6 Å². The second kappa shape index (κ2) is 5.34. The Balaban J connectivity index is 2.45. The van der Waals surface area contributed by atoms with Gasteiger partial charge in [0.2, 0.25) is 0 Å². The Morgan fingerprint density at radius 3 is 2.08 bits per heavy atom. The molecule has 2 aromatic rings. The highest BCUT2D eigenvalue weighted by molar-refractivity contribution is 6.08. The summed E-state index contributed by atoms with van der Waals surface area (Å²) in [4.78, 5) is 23.4. The second-order valence-electron chi connectivity index (χ2n) is 6.51. The molecule has 0 saturated heterocycles. The number of aromatic carboxylic acids is 2. The van der Waals surface area contributed by atoms with Gasteiger partial charge in [-0.1, -0.05) is 55.8 Å². The minimum absolute atomic E-state index is 0.135. The van der Waals surface area contributed by atoms with E-state index in [-0.39, 0.29) is 16.5 Å². The van der Waals surface area contributed by atoms with Gasteiger partial charge in [-0.05, 0) is 29.7 Å². The summed E-state index contributed by atoms with van der Waals surface area (Å²) in [5, 5.41) is 19.1. The van der Waals surface area contributed by atoms with E-state index >= 15 is 0 Å². The summed E-state index contributed by atoms with van der Waals surface area (Å²) in [5.74, 6) is -2.45. The highest BCUT2D eigenvalue weighted by Gasteiger charge is 2.39. The number of carbonyl (C=O) groups is 2. The predicted molar refractivity (Wildman–Crippen MR) is 91.5 cm³/mol. The summed E-state index contributed by atoms with van der Waals surface area (Å²) in [5.41, 5.74) is 3.44. The first-order valence-corrected chi connectivity index (χ1v) is 7.68. The Morgan fingerprint density at radius 2 is 1.54 bits per heavy atom. The standard InChI is InChI=1S/C20H18O4/c1-11-15(12-7-5-4-6-8-12)17-14(20(11,2)3)10-9-13(18(21)22)16(17)19(23)24/h4-10H,1-3H3,(H,21,22)(H,23,24). The van der Waals surface area contributed by atoms with Gasteiger partial charge in [-0.15, -0.1) is 0 Å². The van der Waals surface area contributed by atoms with Gasteiger partial charge < -0.3 is 10.2 Å². The highest BCUT2D eigenvalue weighted by Crippen LogP contribution is 2.50. The minimum Gasteiger partial charge on any atom is -0.478 e. The van der Waals surface area contributed by atoms with Gasteiger partial charge in [0.1, 0.15) is 0 Å². The van der Waals surface area contributed by atoms with Crippen LogP contribution < -0.4 is 0 Å². The monoisotopic (exact) mass is 322 g/mol. The van der Waals surface area contributed by atoms with Crippen molar-refractivity contribution in [2.24, 2.45) is 0 Å². The minimum atomic E-state index is -1.23. The number of fused-ring (bicyclic) bond motifs is 1. The van der Waals surface area contributed by atoms with Gasteiger partial charge in [0.25, 0.3) is 0 Å². The van der Waals surface area contributed by atoms with E-state index in [1.165, 1.54) is 6.07 Å². The second-order valence-corrected chi connectivity index (χ2v) is 6.51. The first-order chi connectivity index (χ1) is 11.3. The fraction of sp³-hybridized carbons (Fsp3) is 0.200. The van der Waals surface area contributed by atoms with Crippen molar-refractivity contribution in [2.75, 3.05) is 0 Å². The average molecular weight is 322 g/mol. The van der Waals surface area contributed by atoms with Crippen molar-refractivity contribution in [1.82, 2.24) is 0 Å². The van der Waals surface area contributed by atoms with E-state index in [0.717, 1.165) is 22.3 Å². The third-order valence-electron chi connectivity index (χ3n) is 4.95. The Kier molecular flexibility index (Phi) is 3.56. The van der Waals surface area contributed by atoms with Gasteiger partial charge >= 0.3 is 11.9 Å². The molecule has 0 heterocycles. The molecule has 0 aromatic heterocycles.